The maximum absolute atomic E-state index is 11.8. The van der Waals surface area contributed by atoms with Crippen molar-refractivity contribution in [2.75, 3.05) is 19.7 Å². The van der Waals surface area contributed by atoms with Gasteiger partial charge >= 0.3 is 0 Å². The number of likely N-dealkylation sites (tertiary alicyclic amines) is 1. The minimum Gasteiger partial charge on any atom is -0.386 e. The minimum absolute atomic E-state index is 0.0813. The van der Waals surface area contributed by atoms with Crippen LogP contribution in [-0.4, -0.2) is 47.3 Å². The number of aliphatic hydroxyl groups is 1. The lowest BCUT2D eigenvalue weighted by Crippen LogP contribution is -2.66. The van der Waals surface area contributed by atoms with Crippen molar-refractivity contribution < 1.29 is 14.6 Å². The van der Waals surface area contributed by atoms with Crippen molar-refractivity contribution in [2.24, 2.45) is 5.92 Å². The molecule has 2 aliphatic heterocycles. The van der Waals surface area contributed by atoms with Gasteiger partial charge in [0.15, 0.2) is 0 Å². The predicted molar refractivity (Wildman–Crippen MR) is 53.2 cm³/mol. The number of carbonyl (C=O) groups excluding carboxylic acids is 1. The third kappa shape index (κ3) is 1.56. The molecule has 0 aromatic rings. The van der Waals surface area contributed by atoms with Crippen LogP contribution in [0.1, 0.15) is 25.7 Å². The summed E-state index contributed by atoms with van der Waals surface area (Å²) in [5, 5.41) is 10.1. The van der Waals surface area contributed by atoms with E-state index >= 15 is 0 Å². The van der Waals surface area contributed by atoms with E-state index in [2.05, 4.69) is 0 Å². The quantitative estimate of drug-likeness (QED) is 0.707. The summed E-state index contributed by atoms with van der Waals surface area (Å²) in [7, 11) is 0. The van der Waals surface area contributed by atoms with E-state index in [1.165, 1.54) is 0 Å². The van der Waals surface area contributed by atoms with Gasteiger partial charge in [-0.15, -0.1) is 0 Å². The SMILES string of the molecule is O=C([C@@H]1CCCO1)N1CC(O)(C2CC2)C1. The molecule has 2 heterocycles. The number of carbonyl (C=O) groups is 1. The summed E-state index contributed by atoms with van der Waals surface area (Å²) in [5.74, 6) is 0.531. The van der Waals surface area contributed by atoms with Gasteiger partial charge in [-0.2, -0.15) is 0 Å². The first-order valence-electron chi connectivity index (χ1n) is 5.82. The second-order valence-electron chi connectivity index (χ2n) is 5.07. The van der Waals surface area contributed by atoms with Crippen LogP contribution in [0.15, 0.2) is 0 Å². The smallest absolute Gasteiger partial charge is 0.251 e. The van der Waals surface area contributed by atoms with Crippen LogP contribution < -0.4 is 0 Å². The van der Waals surface area contributed by atoms with Gasteiger partial charge in [0.2, 0.25) is 0 Å². The normalized spacial score (nSPS) is 33.9. The standard InChI is InChI=1S/C11H17NO3/c13-10(9-2-1-5-15-9)12-6-11(14,7-12)8-3-4-8/h8-9,14H,1-7H2/t9-/m0/s1. The van der Waals surface area contributed by atoms with Crippen molar-refractivity contribution in [3.05, 3.63) is 0 Å². The Morgan fingerprint density at radius 3 is 2.60 bits per heavy atom. The van der Waals surface area contributed by atoms with Crippen LogP contribution in [-0.2, 0) is 9.53 Å². The molecule has 4 nitrogen and oxygen atoms in total. The summed E-state index contributed by atoms with van der Waals surface area (Å²) in [4.78, 5) is 13.6. The molecule has 3 rings (SSSR count). The fraction of sp³-hybridized carbons (Fsp3) is 0.909. The van der Waals surface area contributed by atoms with E-state index in [9.17, 15) is 9.90 Å². The zero-order valence-corrected chi connectivity index (χ0v) is 8.82. The van der Waals surface area contributed by atoms with Gasteiger partial charge in [-0.25, -0.2) is 0 Å². The van der Waals surface area contributed by atoms with Crippen molar-refractivity contribution >= 4 is 5.91 Å². The molecule has 0 aromatic heterocycles. The van der Waals surface area contributed by atoms with E-state index in [1.54, 1.807) is 4.90 Å². The Kier molecular flexibility index (Phi) is 2.04. The molecule has 1 amide bonds. The summed E-state index contributed by atoms with van der Waals surface area (Å²) in [6, 6.07) is 0. The molecule has 0 radical (unpaired) electrons. The number of rotatable bonds is 2. The molecule has 2 saturated heterocycles. The van der Waals surface area contributed by atoms with Crippen LogP contribution in [0.25, 0.3) is 0 Å². The summed E-state index contributed by atoms with van der Waals surface area (Å²) < 4.78 is 5.34. The summed E-state index contributed by atoms with van der Waals surface area (Å²) >= 11 is 0. The Hall–Kier alpha value is -0.610. The Balaban J connectivity index is 1.55. The van der Waals surface area contributed by atoms with Crippen LogP contribution >= 0.6 is 0 Å². The largest absolute Gasteiger partial charge is 0.386 e. The van der Waals surface area contributed by atoms with Crippen LogP contribution in [0.2, 0.25) is 0 Å². The Morgan fingerprint density at radius 2 is 2.07 bits per heavy atom. The molecule has 84 valence electrons. The summed E-state index contributed by atoms with van der Waals surface area (Å²) in [5.41, 5.74) is -0.561. The molecule has 1 N–H and O–H groups in total. The second kappa shape index (κ2) is 3.19. The number of β-amino-alcohol motifs (C(OH)–C–C–N with tert-alkyl or cyclic N) is 1. The van der Waals surface area contributed by atoms with Gasteiger partial charge in [-0.1, -0.05) is 0 Å². The molecular weight excluding hydrogens is 194 g/mol. The first-order chi connectivity index (χ1) is 7.19. The van der Waals surface area contributed by atoms with E-state index in [1.807, 2.05) is 0 Å². The van der Waals surface area contributed by atoms with Crippen LogP contribution in [0.4, 0.5) is 0 Å². The monoisotopic (exact) mass is 211 g/mol. The predicted octanol–water partition coefficient (Wildman–Crippen LogP) is 0.149. The third-order valence-corrected chi connectivity index (χ3v) is 3.78. The topological polar surface area (TPSA) is 49.8 Å². The average Bonchev–Trinajstić information content (AvgIpc) is 2.89. The van der Waals surface area contributed by atoms with Gasteiger partial charge in [0, 0.05) is 6.61 Å². The van der Waals surface area contributed by atoms with Crippen LogP contribution in [0.5, 0.6) is 0 Å². The lowest BCUT2D eigenvalue weighted by atomic mass is 9.88. The fourth-order valence-electron chi connectivity index (χ4n) is 2.63. The van der Waals surface area contributed by atoms with Crippen molar-refractivity contribution in [2.45, 2.75) is 37.4 Å². The highest BCUT2D eigenvalue weighted by molar-refractivity contribution is 5.82. The Bertz CT molecular complexity index is 276. The Labute approximate surface area is 89.2 Å². The number of ether oxygens (including phenoxy) is 1. The lowest BCUT2D eigenvalue weighted by molar-refractivity contribution is -0.167. The Morgan fingerprint density at radius 1 is 1.33 bits per heavy atom. The van der Waals surface area contributed by atoms with E-state index in [-0.39, 0.29) is 12.0 Å². The zero-order chi connectivity index (χ0) is 10.5. The molecular formula is C11H17NO3. The molecule has 0 aromatic carbocycles. The average molecular weight is 211 g/mol. The molecule has 4 heteroatoms. The number of hydrogen-bond acceptors (Lipinski definition) is 3. The summed E-state index contributed by atoms with van der Waals surface area (Å²) in [6.07, 6.45) is 3.85. The highest BCUT2D eigenvalue weighted by Crippen LogP contribution is 2.44. The molecule has 0 unspecified atom stereocenters. The van der Waals surface area contributed by atoms with E-state index in [0.29, 0.717) is 25.6 Å². The molecule has 0 spiro atoms. The number of nitrogens with zero attached hydrogens (tertiary/aromatic N) is 1. The summed E-state index contributed by atoms with van der Waals surface area (Å²) in [6.45, 7) is 1.75. The van der Waals surface area contributed by atoms with Crippen molar-refractivity contribution in [3.8, 4) is 0 Å². The van der Waals surface area contributed by atoms with Gasteiger partial charge in [-0.05, 0) is 31.6 Å². The first kappa shape index (κ1) is 9.60. The molecule has 0 bridgehead atoms. The lowest BCUT2D eigenvalue weighted by Gasteiger charge is -2.47. The molecule has 15 heavy (non-hydrogen) atoms. The van der Waals surface area contributed by atoms with Crippen LogP contribution in [0, 0.1) is 5.92 Å². The molecule has 3 fully saturated rings. The van der Waals surface area contributed by atoms with E-state index in [0.717, 1.165) is 25.7 Å². The van der Waals surface area contributed by atoms with Crippen molar-refractivity contribution in [1.29, 1.82) is 0 Å². The number of hydrogen-bond donors (Lipinski definition) is 1. The van der Waals surface area contributed by atoms with Gasteiger partial charge in [-0.3, -0.25) is 4.79 Å². The van der Waals surface area contributed by atoms with Crippen LogP contribution in [0.3, 0.4) is 0 Å². The second-order valence-corrected chi connectivity index (χ2v) is 5.07. The van der Waals surface area contributed by atoms with Crippen molar-refractivity contribution in [3.63, 3.8) is 0 Å². The molecule has 1 atom stereocenters. The number of amides is 1. The zero-order valence-electron chi connectivity index (χ0n) is 8.82. The van der Waals surface area contributed by atoms with Crippen molar-refractivity contribution in [1.82, 2.24) is 4.90 Å². The molecule has 3 aliphatic rings. The van der Waals surface area contributed by atoms with Gasteiger partial charge in [0.05, 0.1) is 13.1 Å². The van der Waals surface area contributed by atoms with E-state index < -0.39 is 5.60 Å². The first-order valence-corrected chi connectivity index (χ1v) is 5.82. The molecule has 1 aliphatic carbocycles. The highest BCUT2D eigenvalue weighted by Gasteiger charge is 2.54. The third-order valence-electron chi connectivity index (χ3n) is 3.78. The van der Waals surface area contributed by atoms with E-state index in [4.69, 9.17) is 4.74 Å². The minimum atomic E-state index is -0.561. The fourth-order valence-corrected chi connectivity index (χ4v) is 2.63. The highest BCUT2D eigenvalue weighted by atomic mass is 16.5. The molecule has 1 saturated carbocycles. The maximum Gasteiger partial charge on any atom is 0.251 e. The maximum atomic E-state index is 11.8. The van der Waals surface area contributed by atoms with Gasteiger partial charge < -0.3 is 14.7 Å². The van der Waals surface area contributed by atoms with Gasteiger partial charge in [0.1, 0.15) is 11.7 Å². The van der Waals surface area contributed by atoms with Gasteiger partial charge in [0.25, 0.3) is 5.91 Å².